The van der Waals surface area contributed by atoms with Gasteiger partial charge in [-0.3, -0.25) is 15.4 Å². The number of hydrogen-bond donors (Lipinski definition) is 5. The molecule has 21 nitrogen and oxygen atoms in total. The van der Waals surface area contributed by atoms with E-state index in [4.69, 9.17) is 38.9 Å². The van der Waals surface area contributed by atoms with Crippen molar-refractivity contribution >= 4 is 36.1 Å². The van der Waals surface area contributed by atoms with Gasteiger partial charge in [0.25, 0.3) is 0 Å². The lowest BCUT2D eigenvalue weighted by atomic mass is 9.92. The Morgan fingerprint density at radius 1 is 1.06 bits per heavy atom. The lowest BCUT2D eigenvalue weighted by Crippen LogP contribution is -2.61. The largest absolute Gasteiger partial charge is 0.477 e. The van der Waals surface area contributed by atoms with Crippen LogP contribution in [0.2, 0.25) is 0 Å². The van der Waals surface area contributed by atoms with Gasteiger partial charge in [0.05, 0.1) is 45.2 Å². The number of nitrogens with zero attached hydrogens (tertiary/aromatic N) is 4. The molecule has 1 aromatic rings. The minimum Gasteiger partial charge on any atom is -0.477 e. The molecule has 0 radical (unpaired) electrons. The van der Waals surface area contributed by atoms with Gasteiger partial charge in [0.1, 0.15) is 23.0 Å². The Bertz CT molecular complexity index is 1500. The number of aliphatic imine (C=N–C) groups is 1. The summed E-state index contributed by atoms with van der Waals surface area (Å²) in [6, 6.07) is -2.57. The predicted molar refractivity (Wildman–Crippen MR) is 179 cm³/mol. The highest BCUT2D eigenvalue weighted by atomic mass is 16.8. The molecule has 290 valence electrons. The minimum absolute atomic E-state index is 0.0693. The lowest BCUT2D eigenvalue weighted by molar-refractivity contribution is -0.169. The molecule has 21 heteroatoms. The van der Waals surface area contributed by atoms with E-state index in [0.29, 0.717) is 5.69 Å². The van der Waals surface area contributed by atoms with Gasteiger partial charge in [0.2, 0.25) is 17.6 Å². The van der Waals surface area contributed by atoms with Crippen LogP contribution in [0, 0.1) is 0 Å². The molecule has 5 atom stereocenters. The number of ether oxygens (including phenoxy) is 7. The van der Waals surface area contributed by atoms with Crippen LogP contribution in [-0.2, 0) is 56.0 Å². The fourth-order valence-electron chi connectivity index (χ4n) is 4.83. The van der Waals surface area contributed by atoms with Gasteiger partial charge in [-0.15, -0.1) is 5.10 Å². The lowest BCUT2D eigenvalue weighted by Gasteiger charge is -2.40. The molecule has 0 unspecified atom stereocenters. The van der Waals surface area contributed by atoms with Gasteiger partial charge in [-0.05, 0) is 61.5 Å². The van der Waals surface area contributed by atoms with Gasteiger partial charge < -0.3 is 49.5 Å². The van der Waals surface area contributed by atoms with Crippen molar-refractivity contribution < 1.29 is 57.1 Å². The second-order valence-corrected chi connectivity index (χ2v) is 14.1. The SMILES string of the molecule is COC(=O)C1=C[C@H](N=C(NC(=O)OC(C)(C)C)NC(=O)OC(C)(C)C)[C@@H](NC(C)=O)[C@H]([C@H](OC(=O)NCc2cn(CN)nn2)[C@H]2COC(C)(C)O2)O1. The molecule has 1 saturated heterocycles. The van der Waals surface area contributed by atoms with Crippen molar-refractivity contribution in [3.63, 3.8) is 0 Å². The number of esters is 1. The number of amides is 4. The van der Waals surface area contributed by atoms with Crippen LogP contribution in [0.25, 0.3) is 0 Å². The maximum atomic E-state index is 13.3. The Hall–Kier alpha value is -5.02. The Morgan fingerprint density at radius 3 is 2.15 bits per heavy atom. The molecule has 2 aliphatic heterocycles. The van der Waals surface area contributed by atoms with Crippen molar-refractivity contribution in [2.75, 3.05) is 13.7 Å². The van der Waals surface area contributed by atoms with E-state index in [2.05, 4.69) is 36.6 Å². The smallest absolute Gasteiger partial charge is 0.414 e. The molecular weight excluding hydrogens is 690 g/mol. The van der Waals surface area contributed by atoms with Crippen molar-refractivity contribution in [3.05, 3.63) is 23.7 Å². The van der Waals surface area contributed by atoms with Crippen LogP contribution in [0.1, 0.15) is 68.0 Å². The zero-order chi connectivity index (χ0) is 39.0. The number of guanidine groups is 1. The third-order valence-corrected chi connectivity index (χ3v) is 6.73. The van der Waals surface area contributed by atoms with Gasteiger partial charge in [-0.25, -0.2) is 28.9 Å². The van der Waals surface area contributed by atoms with E-state index in [1.807, 2.05) is 0 Å². The topological polar surface area (TPSA) is 267 Å². The molecule has 0 aromatic carbocycles. The summed E-state index contributed by atoms with van der Waals surface area (Å²) >= 11 is 0. The fourth-order valence-corrected chi connectivity index (χ4v) is 4.83. The van der Waals surface area contributed by atoms with Crippen LogP contribution in [0.4, 0.5) is 14.4 Å². The quantitative estimate of drug-likeness (QED) is 0.101. The Balaban J connectivity index is 2.10. The van der Waals surface area contributed by atoms with E-state index in [1.54, 1.807) is 55.4 Å². The monoisotopic (exact) mass is 739 g/mol. The first-order chi connectivity index (χ1) is 24.1. The first-order valence-corrected chi connectivity index (χ1v) is 16.2. The molecule has 1 fully saturated rings. The van der Waals surface area contributed by atoms with Crippen LogP contribution in [0.15, 0.2) is 23.0 Å². The van der Waals surface area contributed by atoms with Crippen molar-refractivity contribution in [2.24, 2.45) is 10.7 Å². The molecule has 52 heavy (non-hydrogen) atoms. The van der Waals surface area contributed by atoms with Gasteiger partial charge in [0.15, 0.2) is 18.0 Å². The number of nitrogens with two attached hydrogens (primary N) is 1. The number of hydrogen-bond acceptors (Lipinski definition) is 16. The van der Waals surface area contributed by atoms with Crippen molar-refractivity contribution in [1.29, 1.82) is 0 Å². The normalized spacial score (nSPS) is 21.6. The number of rotatable bonds is 9. The van der Waals surface area contributed by atoms with Crippen LogP contribution in [0.3, 0.4) is 0 Å². The van der Waals surface area contributed by atoms with E-state index in [1.165, 1.54) is 23.9 Å². The molecule has 2 aliphatic rings. The van der Waals surface area contributed by atoms with Crippen molar-refractivity contribution in [1.82, 2.24) is 36.3 Å². The molecule has 6 N–H and O–H groups in total. The van der Waals surface area contributed by atoms with E-state index in [0.717, 1.165) is 7.11 Å². The Labute approximate surface area is 300 Å². The summed E-state index contributed by atoms with van der Waals surface area (Å²) in [6.07, 6.45) is -4.07. The summed E-state index contributed by atoms with van der Waals surface area (Å²) in [7, 11) is 1.11. The summed E-state index contributed by atoms with van der Waals surface area (Å²) < 4.78 is 40.7. The van der Waals surface area contributed by atoms with Gasteiger partial charge in [0, 0.05) is 6.92 Å². The zero-order valence-corrected chi connectivity index (χ0v) is 30.9. The highest BCUT2D eigenvalue weighted by Gasteiger charge is 2.50. The molecule has 4 amide bonds. The second kappa shape index (κ2) is 17.0. The van der Waals surface area contributed by atoms with Gasteiger partial charge in [-0.2, -0.15) is 0 Å². The van der Waals surface area contributed by atoms with Crippen molar-refractivity contribution in [3.8, 4) is 0 Å². The third kappa shape index (κ3) is 12.9. The average Bonchev–Trinajstić information content (AvgIpc) is 3.62. The first-order valence-electron chi connectivity index (χ1n) is 16.2. The maximum Gasteiger partial charge on any atom is 0.414 e. The van der Waals surface area contributed by atoms with Gasteiger partial charge in [-0.1, -0.05) is 5.21 Å². The molecule has 0 aliphatic carbocycles. The Kier molecular flexibility index (Phi) is 13.5. The number of nitrogens with one attached hydrogen (secondary N) is 4. The number of carbonyl (C=O) groups is 5. The highest BCUT2D eigenvalue weighted by molar-refractivity contribution is 6.01. The van der Waals surface area contributed by atoms with Crippen molar-refractivity contribution in [2.45, 2.75) is 123 Å². The van der Waals surface area contributed by atoms with E-state index >= 15 is 0 Å². The third-order valence-electron chi connectivity index (χ3n) is 6.73. The summed E-state index contributed by atoms with van der Waals surface area (Å²) in [5.74, 6) is -3.54. The standard InChI is InChI=1S/C31H49N9O12/c1-16(41)34-21-18(35-25(36-27(44)51-29(2,3)4)37-28(45)52-30(5,6)7)11-19(24(42)46-10)48-23(21)22(20-14-47-31(8,9)50-20)49-26(43)33-12-17-13-40(15-32)39-38-17/h11,13,18,20-23H,12,14-15,32H2,1-10H3,(H,33,43)(H,34,41)(H2,35,36,37,44,45)/t18-,20+,21+,22+,23+/m0/s1. The summed E-state index contributed by atoms with van der Waals surface area (Å²) in [4.78, 5) is 69.1. The Morgan fingerprint density at radius 2 is 1.67 bits per heavy atom. The number of alkyl carbamates (subject to hydrolysis) is 3. The fraction of sp³-hybridized carbons (Fsp3) is 0.677. The highest BCUT2D eigenvalue weighted by Crippen LogP contribution is 2.32. The van der Waals surface area contributed by atoms with Crippen LogP contribution < -0.4 is 27.0 Å². The molecule has 0 bridgehead atoms. The number of carbonyl (C=O) groups excluding carboxylic acids is 5. The molecule has 3 rings (SSSR count). The number of methoxy groups -OCH3 is 1. The van der Waals surface area contributed by atoms with Gasteiger partial charge >= 0.3 is 24.2 Å². The van der Waals surface area contributed by atoms with E-state index < -0.39 is 89.3 Å². The molecule has 0 spiro atoms. The molecule has 0 saturated carbocycles. The van der Waals surface area contributed by atoms with Crippen LogP contribution in [0.5, 0.6) is 0 Å². The van der Waals surface area contributed by atoms with Crippen LogP contribution >= 0.6 is 0 Å². The van der Waals surface area contributed by atoms with E-state index in [9.17, 15) is 24.0 Å². The molecule has 3 heterocycles. The minimum atomic E-state index is -1.42. The number of aromatic nitrogens is 3. The second-order valence-electron chi connectivity index (χ2n) is 14.1. The maximum absolute atomic E-state index is 13.3. The molecule has 1 aromatic heterocycles. The summed E-state index contributed by atoms with van der Waals surface area (Å²) in [5, 5.41) is 17.8. The van der Waals surface area contributed by atoms with Crippen LogP contribution in [-0.4, -0.2) is 112 Å². The molecular formula is C31H49N9O12. The zero-order valence-electron chi connectivity index (χ0n) is 30.9. The first kappa shape index (κ1) is 41.4. The van der Waals surface area contributed by atoms with E-state index in [-0.39, 0.29) is 19.8 Å². The average molecular weight is 740 g/mol. The summed E-state index contributed by atoms with van der Waals surface area (Å²) in [6.45, 7) is 14.1. The predicted octanol–water partition coefficient (Wildman–Crippen LogP) is 0.675. The summed E-state index contributed by atoms with van der Waals surface area (Å²) in [5.41, 5.74) is 4.06.